The Morgan fingerprint density at radius 2 is 2.03 bits per heavy atom. The van der Waals surface area contributed by atoms with Crippen molar-refractivity contribution in [1.29, 1.82) is 0 Å². The maximum Gasteiger partial charge on any atom is 0.327 e. The number of esters is 2. The second-order valence-corrected chi connectivity index (χ2v) is 8.15. The van der Waals surface area contributed by atoms with Crippen molar-refractivity contribution in [2.75, 3.05) is 32.1 Å². The second kappa shape index (κ2) is 12.4. The Labute approximate surface area is 207 Å². The number of halogens is 2. The summed E-state index contributed by atoms with van der Waals surface area (Å²) in [6.07, 6.45) is 3.11. The number of benzene rings is 2. The number of ether oxygens (including phenoxy) is 2. The van der Waals surface area contributed by atoms with Crippen molar-refractivity contribution in [2.45, 2.75) is 26.3 Å². The van der Waals surface area contributed by atoms with Gasteiger partial charge in [0.05, 0.1) is 36.4 Å². The zero-order chi connectivity index (χ0) is 25.4. The highest BCUT2D eigenvalue weighted by Crippen LogP contribution is 2.32. The van der Waals surface area contributed by atoms with Gasteiger partial charge in [-0.05, 0) is 31.2 Å². The summed E-state index contributed by atoms with van der Waals surface area (Å²) in [5.41, 5.74) is 6.73. The van der Waals surface area contributed by atoms with E-state index in [2.05, 4.69) is 15.3 Å². The molecule has 0 atom stereocenters. The number of hydrogen-bond donors (Lipinski definition) is 2. The molecular weight excluding hydrogens is 477 g/mol. The fourth-order valence-corrected chi connectivity index (χ4v) is 3.66. The monoisotopic (exact) mass is 503 g/mol. The Hall–Kier alpha value is -3.34. The largest absolute Gasteiger partial charge is 0.496 e. The Morgan fingerprint density at radius 1 is 1.23 bits per heavy atom. The number of aromatic nitrogens is 2. The zero-order valence-corrected chi connectivity index (χ0v) is 20.3. The highest BCUT2D eigenvalue weighted by atomic mass is 35.5. The Morgan fingerprint density at radius 3 is 2.74 bits per heavy atom. The molecule has 0 fully saturated rings. The van der Waals surface area contributed by atoms with E-state index in [0.29, 0.717) is 35.6 Å². The lowest BCUT2D eigenvalue weighted by Crippen LogP contribution is -2.33. The standard InChI is InChI=1S/C24H27ClFN5O4/c1-3-4-8-31(13-22(33)35-21(32)11-27)12-15-9-16-19(10-20(15)34-2)28-14-29-24(16)30-18-7-5-6-17(25)23(18)26/h5-7,9-10,14H,3-4,8,11-13,27H2,1-2H3,(H,28,29,30). The number of nitrogens with zero attached hydrogens (tertiary/aromatic N) is 3. The SMILES string of the molecule is CCCCN(CC(=O)OC(=O)CN)Cc1cc2c(Nc3cccc(Cl)c3F)ncnc2cc1OC. The first kappa shape index (κ1) is 26.3. The van der Waals surface area contributed by atoms with Crippen molar-refractivity contribution in [3.63, 3.8) is 0 Å². The van der Waals surface area contributed by atoms with Gasteiger partial charge in [0.25, 0.3) is 0 Å². The molecule has 0 radical (unpaired) electrons. The number of fused-ring (bicyclic) bond motifs is 1. The van der Waals surface area contributed by atoms with Crippen LogP contribution in [-0.4, -0.2) is 53.6 Å². The highest BCUT2D eigenvalue weighted by Gasteiger charge is 2.19. The van der Waals surface area contributed by atoms with Gasteiger partial charge in [0.2, 0.25) is 0 Å². The van der Waals surface area contributed by atoms with Crippen LogP contribution in [0.1, 0.15) is 25.3 Å². The van der Waals surface area contributed by atoms with Gasteiger partial charge < -0.3 is 20.5 Å². The molecule has 3 aromatic rings. The molecule has 0 bridgehead atoms. The molecule has 0 unspecified atom stereocenters. The van der Waals surface area contributed by atoms with Gasteiger partial charge in [0.15, 0.2) is 5.82 Å². The summed E-state index contributed by atoms with van der Waals surface area (Å²) in [5, 5.41) is 3.59. The van der Waals surface area contributed by atoms with E-state index in [1.165, 1.54) is 19.5 Å². The highest BCUT2D eigenvalue weighted by molar-refractivity contribution is 6.31. The minimum atomic E-state index is -0.783. The molecule has 0 saturated carbocycles. The van der Waals surface area contributed by atoms with E-state index in [1.807, 2.05) is 17.9 Å². The summed E-state index contributed by atoms with van der Waals surface area (Å²) in [6.45, 7) is 2.48. The molecule has 3 N–H and O–H groups in total. The Kier molecular flexibility index (Phi) is 9.30. The second-order valence-electron chi connectivity index (χ2n) is 7.74. The summed E-state index contributed by atoms with van der Waals surface area (Å²) >= 11 is 5.91. The minimum absolute atomic E-state index is 0.0118. The summed E-state index contributed by atoms with van der Waals surface area (Å²) in [4.78, 5) is 34.0. The van der Waals surface area contributed by atoms with Crippen LogP contribution in [0.15, 0.2) is 36.7 Å². The molecule has 2 aromatic carbocycles. The number of hydrogen-bond acceptors (Lipinski definition) is 9. The fraction of sp³-hybridized carbons (Fsp3) is 0.333. The van der Waals surface area contributed by atoms with Crippen LogP contribution in [0.5, 0.6) is 5.75 Å². The number of unbranched alkanes of at least 4 members (excludes halogenated alkanes) is 1. The van der Waals surface area contributed by atoms with Crippen molar-refractivity contribution in [3.8, 4) is 5.75 Å². The molecule has 186 valence electrons. The quantitative estimate of drug-likeness (QED) is 0.297. The molecule has 0 saturated heterocycles. The summed E-state index contributed by atoms with van der Waals surface area (Å²) in [5.74, 6) is -1.11. The maximum absolute atomic E-state index is 14.5. The van der Waals surface area contributed by atoms with Gasteiger partial charge in [-0.3, -0.25) is 14.5 Å². The van der Waals surface area contributed by atoms with Crippen LogP contribution in [0.2, 0.25) is 5.02 Å². The molecule has 3 rings (SSSR count). The number of rotatable bonds is 11. The summed E-state index contributed by atoms with van der Waals surface area (Å²) < 4.78 is 24.8. The third kappa shape index (κ3) is 6.84. The normalized spacial score (nSPS) is 11.0. The average Bonchev–Trinajstić information content (AvgIpc) is 2.85. The van der Waals surface area contributed by atoms with E-state index < -0.39 is 17.8 Å². The summed E-state index contributed by atoms with van der Waals surface area (Å²) in [7, 11) is 1.54. The number of anilines is 2. The molecule has 1 aromatic heterocycles. The van der Waals surface area contributed by atoms with Crippen molar-refractivity contribution in [2.24, 2.45) is 5.73 Å². The number of methoxy groups -OCH3 is 1. The molecule has 11 heteroatoms. The Bertz CT molecular complexity index is 1210. The van der Waals surface area contributed by atoms with Gasteiger partial charge in [-0.2, -0.15) is 0 Å². The minimum Gasteiger partial charge on any atom is -0.496 e. The molecule has 1 heterocycles. The molecule has 0 aliphatic heterocycles. The van der Waals surface area contributed by atoms with Gasteiger partial charge in [0.1, 0.15) is 17.9 Å². The predicted molar refractivity (Wildman–Crippen MR) is 131 cm³/mol. The number of nitrogens with one attached hydrogen (secondary N) is 1. The number of nitrogens with two attached hydrogens (primary N) is 1. The van der Waals surface area contributed by atoms with E-state index in [1.54, 1.807) is 18.2 Å². The van der Waals surface area contributed by atoms with E-state index in [4.69, 9.17) is 26.8 Å². The van der Waals surface area contributed by atoms with Crippen LogP contribution < -0.4 is 15.8 Å². The van der Waals surface area contributed by atoms with Crippen molar-refractivity contribution in [1.82, 2.24) is 14.9 Å². The average molecular weight is 504 g/mol. The fourth-order valence-electron chi connectivity index (χ4n) is 3.49. The van der Waals surface area contributed by atoms with E-state index in [0.717, 1.165) is 18.4 Å². The molecule has 0 aliphatic rings. The van der Waals surface area contributed by atoms with Crippen molar-refractivity contribution in [3.05, 3.63) is 53.1 Å². The molecular formula is C24H27ClFN5O4. The number of carbonyl (C=O) groups excluding carboxylic acids is 2. The van der Waals surface area contributed by atoms with Crippen LogP contribution in [0.25, 0.3) is 10.9 Å². The van der Waals surface area contributed by atoms with E-state index >= 15 is 0 Å². The van der Waals surface area contributed by atoms with Gasteiger partial charge in [-0.25, -0.2) is 14.4 Å². The Balaban J connectivity index is 1.94. The third-order valence-electron chi connectivity index (χ3n) is 5.21. The van der Waals surface area contributed by atoms with Gasteiger partial charge in [0, 0.05) is 23.6 Å². The lowest BCUT2D eigenvalue weighted by molar-refractivity contribution is -0.159. The number of carbonyl (C=O) groups is 2. The molecule has 0 amide bonds. The first-order valence-electron chi connectivity index (χ1n) is 11.0. The third-order valence-corrected chi connectivity index (χ3v) is 5.50. The molecule has 0 spiro atoms. The first-order chi connectivity index (χ1) is 16.9. The lowest BCUT2D eigenvalue weighted by atomic mass is 10.1. The van der Waals surface area contributed by atoms with Crippen molar-refractivity contribution >= 4 is 45.9 Å². The maximum atomic E-state index is 14.5. The van der Waals surface area contributed by atoms with Gasteiger partial charge in [-0.1, -0.05) is 31.0 Å². The zero-order valence-electron chi connectivity index (χ0n) is 19.5. The molecule has 0 aliphatic carbocycles. The smallest absolute Gasteiger partial charge is 0.327 e. The van der Waals surface area contributed by atoms with Crippen LogP contribution in [0.3, 0.4) is 0 Å². The van der Waals surface area contributed by atoms with E-state index in [-0.39, 0.29) is 23.8 Å². The molecule has 35 heavy (non-hydrogen) atoms. The molecule has 9 nitrogen and oxygen atoms in total. The topological polar surface area (TPSA) is 120 Å². The van der Waals surface area contributed by atoms with Gasteiger partial charge in [-0.15, -0.1) is 0 Å². The van der Waals surface area contributed by atoms with Crippen LogP contribution >= 0.6 is 11.6 Å². The first-order valence-corrected chi connectivity index (χ1v) is 11.4. The van der Waals surface area contributed by atoms with Crippen LogP contribution in [-0.2, 0) is 20.9 Å². The van der Waals surface area contributed by atoms with E-state index in [9.17, 15) is 14.0 Å². The van der Waals surface area contributed by atoms with Gasteiger partial charge >= 0.3 is 11.9 Å². The van der Waals surface area contributed by atoms with Crippen LogP contribution in [0.4, 0.5) is 15.9 Å². The summed E-state index contributed by atoms with van der Waals surface area (Å²) in [6, 6.07) is 8.22. The lowest BCUT2D eigenvalue weighted by Gasteiger charge is -2.22. The predicted octanol–water partition coefficient (Wildman–Crippen LogP) is 3.81. The van der Waals surface area contributed by atoms with Crippen LogP contribution in [0, 0.1) is 5.82 Å². The van der Waals surface area contributed by atoms with Crippen molar-refractivity contribution < 1.29 is 23.5 Å².